The summed E-state index contributed by atoms with van der Waals surface area (Å²) in [6.07, 6.45) is -39.3. The molecule has 0 aromatic heterocycles. The summed E-state index contributed by atoms with van der Waals surface area (Å²) in [4.78, 5) is 0. The number of rotatable bonds is 10. The summed E-state index contributed by atoms with van der Waals surface area (Å²) in [5.74, 6) is 0. The maximum atomic E-state index is 11.2. The van der Waals surface area contributed by atoms with Gasteiger partial charge >= 0.3 is 0 Å². The van der Waals surface area contributed by atoms with Gasteiger partial charge in [0.15, 0.2) is 25.2 Å². The quantitative estimate of drug-likeness (QED) is 0.101. The van der Waals surface area contributed by atoms with E-state index in [1.165, 1.54) is 13.8 Å². The molecule has 22 atom stereocenters. The van der Waals surface area contributed by atoms with Gasteiger partial charge in [-0.2, -0.15) is 0 Å². The fourth-order valence-electron chi connectivity index (χ4n) is 5.91. The Labute approximate surface area is 267 Å². The number of hydrogen-bond donors (Lipinski definition) is 14. The fraction of sp³-hybridized carbons (Fsp3) is 1.00. The van der Waals surface area contributed by atoms with Gasteiger partial charge in [0, 0.05) is 0 Å². The topological polar surface area (TPSA) is 348 Å². The van der Waals surface area contributed by atoms with E-state index in [1.54, 1.807) is 0 Å². The molecule has 0 aromatic carbocycles. The molecule has 0 aliphatic carbocycles. The van der Waals surface area contributed by atoms with Gasteiger partial charge < -0.3 is 105 Å². The lowest BCUT2D eigenvalue weighted by molar-refractivity contribution is -0.393. The normalized spacial score (nSPS) is 52.6. The minimum absolute atomic E-state index is 0.980. The molecule has 0 spiro atoms. The summed E-state index contributed by atoms with van der Waals surface area (Å²) < 4.78 is 38.3. The van der Waals surface area contributed by atoms with Gasteiger partial charge in [-0.1, -0.05) is 0 Å². The molecule has 47 heavy (non-hydrogen) atoms. The van der Waals surface area contributed by atoms with Crippen LogP contribution in [-0.2, 0) is 33.2 Å². The largest absolute Gasteiger partial charge is 0.394 e. The first kappa shape index (κ1) is 39.0. The maximum Gasteiger partial charge on any atom is 0.187 e. The zero-order chi connectivity index (χ0) is 35.1. The van der Waals surface area contributed by atoms with Crippen LogP contribution < -0.4 is 0 Å². The Morgan fingerprint density at radius 3 is 1.32 bits per heavy atom. The maximum absolute atomic E-state index is 11.2. The number of hydrogen-bond acceptors (Lipinski definition) is 21. The first-order valence-electron chi connectivity index (χ1n) is 15.0. The second kappa shape index (κ2) is 16.0. The third-order valence-corrected chi connectivity index (χ3v) is 8.77. The Bertz CT molecular complexity index is 981. The van der Waals surface area contributed by atoms with E-state index in [0.717, 1.165) is 0 Å². The average Bonchev–Trinajstić information content (AvgIpc) is 3.04. The van der Waals surface area contributed by atoms with Gasteiger partial charge in [0.05, 0.1) is 25.4 Å². The van der Waals surface area contributed by atoms with Gasteiger partial charge in [-0.3, -0.25) is 0 Å². The van der Waals surface area contributed by atoms with E-state index in [4.69, 9.17) is 33.2 Å². The van der Waals surface area contributed by atoms with Gasteiger partial charge in [-0.25, -0.2) is 0 Å². The Balaban J connectivity index is 1.60. The third kappa shape index (κ3) is 7.90. The van der Waals surface area contributed by atoms with E-state index in [0.29, 0.717) is 0 Å². The first-order valence-corrected chi connectivity index (χ1v) is 15.0. The van der Waals surface area contributed by atoms with Gasteiger partial charge in [0.25, 0.3) is 0 Å². The standard InChI is InChI=1S/C26H46O21/c1-5-9(31)10(32)13(35)24(42-5)46-21-14(36)20(8(30)4-28)45-26(17(21)39)47-22-15(37)19(7(29)3-27)44-25(16(22)38)43-18-6(2)41-23(40)12(34)11(18)33/h5-40H,3-4H2,1-2H3/t5-,6-,7+,8+,9-,10+,11-,12+,13+,14+,15+,16-,17-,18-,19+,20+,21-,22-,23+,24-,25+,26-/m0/s1. The molecule has 4 aliphatic rings. The molecule has 0 bridgehead atoms. The Hall–Kier alpha value is -0.840. The molecule has 0 radical (unpaired) electrons. The Kier molecular flexibility index (Phi) is 13.3. The van der Waals surface area contributed by atoms with Crippen LogP contribution in [0.15, 0.2) is 0 Å². The van der Waals surface area contributed by atoms with Crippen LogP contribution in [0.2, 0.25) is 0 Å². The smallest absolute Gasteiger partial charge is 0.187 e. The fourth-order valence-corrected chi connectivity index (χ4v) is 5.91. The highest BCUT2D eigenvalue weighted by molar-refractivity contribution is 4.99. The van der Waals surface area contributed by atoms with E-state index >= 15 is 0 Å². The zero-order valence-electron chi connectivity index (χ0n) is 25.2. The minimum Gasteiger partial charge on any atom is -0.394 e. The van der Waals surface area contributed by atoms with Crippen LogP contribution in [0.3, 0.4) is 0 Å². The van der Waals surface area contributed by atoms with Gasteiger partial charge in [0.2, 0.25) is 0 Å². The lowest BCUT2D eigenvalue weighted by atomic mass is 9.93. The molecule has 0 unspecified atom stereocenters. The monoisotopic (exact) mass is 694 g/mol. The first-order chi connectivity index (χ1) is 22.0. The molecule has 4 aliphatic heterocycles. The van der Waals surface area contributed by atoms with Crippen molar-refractivity contribution in [2.45, 2.75) is 149 Å². The van der Waals surface area contributed by atoms with Crippen LogP contribution in [0.1, 0.15) is 13.8 Å². The summed E-state index contributed by atoms with van der Waals surface area (Å²) in [7, 11) is 0. The lowest BCUT2D eigenvalue weighted by Gasteiger charge is -2.50. The molecule has 0 aromatic rings. The van der Waals surface area contributed by atoms with Crippen molar-refractivity contribution in [3.63, 3.8) is 0 Å². The number of aliphatic hydroxyl groups excluding tert-OH is 14. The van der Waals surface area contributed by atoms with E-state index in [2.05, 4.69) is 0 Å². The molecular formula is C26H46O21. The summed E-state index contributed by atoms with van der Waals surface area (Å²) in [5, 5.41) is 145. The molecule has 276 valence electrons. The second-order valence-corrected chi connectivity index (χ2v) is 12.1. The zero-order valence-corrected chi connectivity index (χ0v) is 25.2. The summed E-state index contributed by atoms with van der Waals surface area (Å²) >= 11 is 0. The predicted octanol–water partition coefficient (Wildman–Crippen LogP) is -8.97. The predicted molar refractivity (Wildman–Crippen MR) is 143 cm³/mol. The highest BCUT2D eigenvalue weighted by Gasteiger charge is 2.56. The Morgan fingerprint density at radius 1 is 0.447 bits per heavy atom. The van der Waals surface area contributed by atoms with E-state index in [1.807, 2.05) is 0 Å². The molecule has 21 heteroatoms. The third-order valence-electron chi connectivity index (χ3n) is 8.77. The van der Waals surface area contributed by atoms with Crippen LogP contribution in [0.25, 0.3) is 0 Å². The van der Waals surface area contributed by atoms with Gasteiger partial charge in [-0.05, 0) is 13.8 Å². The van der Waals surface area contributed by atoms with Crippen LogP contribution >= 0.6 is 0 Å². The van der Waals surface area contributed by atoms with Gasteiger partial charge in [0.1, 0.15) is 97.7 Å². The van der Waals surface area contributed by atoms with Crippen LogP contribution in [-0.4, -0.2) is 220 Å². The van der Waals surface area contributed by atoms with Crippen molar-refractivity contribution in [1.29, 1.82) is 0 Å². The Morgan fingerprint density at radius 2 is 0.872 bits per heavy atom. The average molecular weight is 695 g/mol. The highest BCUT2D eigenvalue weighted by Crippen LogP contribution is 2.35. The van der Waals surface area contributed by atoms with Crippen LogP contribution in [0.5, 0.6) is 0 Å². The summed E-state index contributed by atoms with van der Waals surface area (Å²) in [6, 6.07) is 0. The number of aliphatic hydroxyl groups is 14. The van der Waals surface area contributed by atoms with Gasteiger partial charge in [-0.15, -0.1) is 0 Å². The highest BCUT2D eigenvalue weighted by atomic mass is 16.8. The molecule has 14 N–H and O–H groups in total. The van der Waals surface area contributed by atoms with Crippen LogP contribution in [0.4, 0.5) is 0 Å². The molecule has 0 saturated carbocycles. The van der Waals surface area contributed by atoms with Crippen molar-refractivity contribution < 1.29 is 105 Å². The van der Waals surface area contributed by atoms with E-state index < -0.39 is 148 Å². The van der Waals surface area contributed by atoms with Crippen molar-refractivity contribution in [3.8, 4) is 0 Å². The SMILES string of the molecule is C[C@@H]1O[C@@H](O[C@@H]2[C@H](O)[C@H](O[C@@H]3[C@H](O)[C@H](O[C@@H]4[C@@H](O)[C@@H](O)[C@H](O)O[C@H]4C)O[C@H]([C@H](O)CO)[C@H]3O)O[C@H]([C@H](O)CO)[C@H]2O)[C@H](O)[C@H](O)[C@H]1O. The summed E-state index contributed by atoms with van der Waals surface area (Å²) in [6.45, 7) is 0.711. The summed E-state index contributed by atoms with van der Waals surface area (Å²) in [5.41, 5.74) is 0. The molecular weight excluding hydrogens is 648 g/mol. The van der Waals surface area contributed by atoms with Crippen LogP contribution in [0, 0.1) is 0 Å². The van der Waals surface area contributed by atoms with Crippen molar-refractivity contribution in [2.24, 2.45) is 0 Å². The van der Waals surface area contributed by atoms with Crippen molar-refractivity contribution in [3.05, 3.63) is 0 Å². The molecule has 4 heterocycles. The van der Waals surface area contributed by atoms with Crippen molar-refractivity contribution >= 4 is 0 Å². The van der Waals surface area contributed by atoms with E-state index in [9.17, 15) is 71.5 Å². The van der Waals surface area contributed by atoms with E-state index in [-0.39, 0.29) is 0 Å². The van der Waals surface area contributed by atoms with Crippen molar-refractivity contribution in [2.75, 3.05) is 13.2 Å². The molecule has 21 nitrogen and oxygen atoms in total. The number of ether oxygens (including phenoxy) is 7. The second-order valence-electron chi connectivity index (χ2n) is 12.1. The molecule has 4 rings (SSSR count). The molecule has 0 amide bonds. The van der Waals surface area contributed by atoms with Crippen molar-refractivity contribution in [1.82, 2.24) is 0 Å². The lowest BCUT2D eigenvalue weighted by Crippen LogP contribution is -2.68. The molecule has 4 fully saturated rings. The minimum atomic E-state index is -2.10. The molecule has 4 saturated heterocycles.